The zero-order valence-electron chi connectivity index (χ0n) is 12.8. The van der Waals surface area contributed by atoms with E-state index in [9.17, 15) is 24.9 Å². The highest BCUT2D eigenvalue weighted by molar-refractivity contribution is 5.93. The summed E-state index contributed by atoms with van der Waals surface area (Å²) in [6.07, 6.45) is 0. The number of rotatable bonds is 4. The third-order valence-corrected chi connectivity index (χ3v) is 3.09. The Hall–Kier alpha value is -3.42. The largest absolute Gasteiger partial charge is 0.504 e. The van der Waals surface area contributed by atoms with Gasteiger partial charge >= 0.3 is 11.9 Å². The van der Waals surface area contributed by atoms with Crippen LogP contribution in [0.2, 0.25) is 0 Å². The summed E-state index contributed by atoms with van der Waals surface area (Å²) >= 11 is 0. The van der Waals surface area contributed by atoms with Crippen molar-refractivity contribution in [3.63, 3.8) is 0 Å². The zero-order chi connectivity index (χ0) is 17.9. The first kappa shape index (κ1) is 16.9. The van der Waals surface area contributed by atoms with E-state index in [-0.39, 0.29) is 22.6 Å². The van der Waals surface area contributed by atoms with Gasteiger partial charge in [-0.05, 0) is 30.3 Å². The SMILES string of the molecule is COC(=O)c1ccc(OC(=O)c2cc(O)c(O)c(O)c2)c(OC)c1. The standard InChI is InChI=1S/C16H14O8/c1-22-13-7-8(15(20)23-2)3-4-12(13)24-16(21)9-5-10(17)14(19)11(18)6-9/h3-7,17-19H,1-2H3. The van der Waals surface area contributed by atoms with E-state index in [1.54, 1.807) is 0 Å². The molecule has 0 spiro atoms. The van der Waals surface area contributed by atoms with E-state index in [2.05, 4.69) is 4.74 Å². The first-order chi connectivity index (χ1) is 11.4. The first-order valence-electron chi connectivity index (χ1n) is 6.60. The summed E-state index contributed by atoms with van der Waals surface area (Å²) in [5, 5.41) is 28.1. The molecule has 3 N–H and O–H groups in total. The number of phenolic OH excluding ortho intramolecular Hbond substituents is 3. The third-order valence-electron chi connectivity index (χ3n) is 3.09. The average molecular weight is 334 g/mol. The van der Waals surface area contributed by atoms with Gasteiger partial charge in [-0.2, -0.15) is 0 Å². The van der Waals surface area contributed by atoms with E-state index in [1.165, 1.54) is 32.4 Å². The van der Waals surface area contributed by atoms with Gasteiger partial charge in [-0.1, -0.05) is 0 Å². The predicted molar refractivity (Wildman–Crippen MR) is 80.7 cm³/mol. The number of hydrogen-bond acceptors (Lipinski definition) is 8. The van der Waals surface area contributed by atoms with E-state index in [4.69, 9.17) is 9.47 Å². The number of aromatic hydroxyl groups is 3. The molecule has 0 saturated carbocycles. The molecule has 0 aliphatic carbocycles. The maximum Gasteiger partial charge on any atom is 0.343 e. The molecule has 8 heteroatoms. The summed E-state index contributed by atoms with van der Waals surface area (Å²) in [6.45, 7) is 0. The minimum Gasteiger partial charge on any atom is -0.504 e. The second kappa shape index (κ2) is 6.78. The van der Waals surface area contributed by atoms with Crippen LogP contribution in [0.3, 0.4) is 0 Å². The van der Waals surface area contributed by atoms with Crippen molar-refractivity contribution in [2.75, 3.05) is 14.2 Å². The summed E-state index contributed by atoms with van der Waals surface area (Å²) in [4.78, 5) is 23.6. The minimum atomic E-state index is -0.912. The van der Waals surface area contributed by atoms with E-state index in [1.807, 2.05) is 0 Å². The third kappa shape index (κ3) is 3.32. The van der Waals surface area contributed by atoms with E-state index in [0.29, 0.717) is 0 Å². The molecule has 0 radical (unpaired) electrons. The number of carbonyl (C=O) groups excluding carboxylic acids is 2. The number of phenols is 3. The highest BCUT2D eigenvalue weighted by atomic mass is 16.6. The van der Waals surface area contributed by atoms with Gasteiger partial charge in [0.25, 0.3) is 0 Å². The van der Waals surface area contributed by atoms with Gasteiger partial charge in [-0.3, -0.25) is 0 Å². The van der Waals surface area contributed by atoms with Gasteiger partial charge in [0.2, 0.25) is 0 Å². The summed E-state index contributed by atoms with van der Waals surface area (Å²) < 4.78 is 14.8. The maximum atomic E-state index is 12.1. The van der Waals surface area contributed by atoms with Crippen LogP contribution in [0.4, 0.5) is 0 Å². The molecule has 0 amide bonds. The van der Waals surface area contributed by atoms with Crippen LogP contribution in [0.15, 0.2) is 30.3 Å². The van der Waals surface area contributed by atoms with Crippen molar-refractivity contribution in [1.29, 1.82) is 0 Å². The average Bonchev–Trinajstić information content (AvgIpc) is 2.58. The van der Waals surface area contributed by atoms with Crippen molar-refractivity contribution >= 4 is 11.9 Å². The van der Waals surface area contributed by atoms with Crippen LogP contribution >= 0.6 is 0 Å². The highest BCUT2D eigenvalue weighted by Crippen LogP contribution is 2.36. The molecule has 2 rings (SSSR count). The normalized spacial score (nSPS) is 10.1. The van der Waals surface area contributed by atoms with Crippen LogP contribution in [0.25, 0.3) is 0 Å². The lowest BCUT2D eigenvalue weighted by Crippen LogP contribution is -2.10. The van der Waals surface area contributed by atoms with Crippen LogP contribution in [-0.4, -0.2) is 41.5 Å². The molecule has 126 valence electrons. The molecule has 2 aromatic carbocycles. The summed E-state index contributed by atoms with van der Waals surface area (Å²) in [5.41, 5.74) is 0.0102. The Morgan fingerprint density at radius 2 is 1.46 bits per heavy atom. The Morgan fingerprint density at radius 1 is 0.833 bits per heavy atom. The van der Waals surface area contributed by atoms with Crippen molar-refractivity contribution in [2.24, 2.45) is 0 Å². The second-order valence-corrected chi connectivity index (χ2v) is 4.61. The molecule has 8 nitrogen and oxygen atoms in total. The molecule has 0 bridgehead atoms. The van der Waals surface area contributed by atoms with Crippen molar-refractivity contribution in [1.82, 2.24) is 0 Å². The van der Waals surface area contributed by atoms with Crippen LogP contribution in [0.5, 0.6) is 28.7 Å². The monoisotopic (exact) mass is 334 g/mol. The molecular formula is C16H14O8. The molecule has 24 heavy (non-hydrogen) atoms. The van der Waals surface area contributed by atoms with Crippen molar-refractivity contribution in [3.05, 3.63) is 41.5 Å². The fraction of sp³-hybridized carbons (Fsp3) is 0.125. The first-order valence-corrected chi connectivity index (χ1v) is 6.60. The lowest BCUT2D eigenvalue weighted by molar-refractivity contribution is 0.0600. The lowest BCUT2D eigenvalue weighted by atomic mass is 10.1. The molecule has 0 aromatic heterocycles. The van der Waals surface area contributed by atoms with Crippen molar-refractivity contribution < 1.29 is 39.1 Å². The molecular weight excluding hydrogens is 320 g/mol. The minimum absolute atomic E-state index is 0.0159. The molecule has 2 aromatic rings. The van der Waals surface area contributed by atoms with E-state index in [0.717, 1.165) is 12.1 Å². The van der Waals surface area contributed by atoms with Crippen LogP contribution < -0.4 is 9.47 Å². The van der Waals surface area contributed by atoms with Crippen molar-refractivity contribution in [3.8, 4) is 28.7 Å². The smallest absolute Gasteiger partial charge is 0.343 e. The topological polar surface area (TPSA) is 123 Å². The van der Waals surface area contributed by atoms with Gasteiger partial charge in [0, 0.05) is 0 Å². The Balaban J connectivity index is 2.30. The highest BCUT2D eigenvalue weighted by Gasteiger charge is 2.18. The van der Waals surface area contributed by atoms with Gasteiger partial charge in [-0.15, -0.1) is 0 Å². The van der Waals surface area contributed by atoms with Gasteiger partial charge in [0.15, 0.2) is 28.7 Å². The number of ether oxygens (including phenoxy) is 3. The summed E-state index contributed by atoms with van der Waals surface area (Å²) in [5.74, 6) is -3.46. The lowest BCUT2D eigenvalue weighted by Gasteiger charge is -2.11. The molecule has 0 fully saturated rings. The summed E-state index contributed by atoms with van der Waals surface area (Å²) in [7, 11) is 2.55. The van der Waals surface area contributed by atoms with Gasteiger partial charge < -0.3 is 29.5 Å². The molecule has 0 atom stereocenters. The number of benzene rings is 2. The number of esters is 2. The molecule has 0 aliphatic rings. The Bertz CT molecular complexity index is 774. The fourth-order valence-electron chi connectivity index (χ4n) is 1.88. The number of carbonyl (C=O) groups is 2. The van der Waals surface area contributed by atoms with Crippen molar-refractivity contribution in [2.45, 2.75) is 0 Å². The van der Waals surface area contributed by atoms with Gasteiger partial charge in [0.05, 0.1) is 25.3 Å². The van der Waals surface area contributed by atoms with Crippen LogP contribution in [-0.2, 0) is 4.74 Å². The van der Waals surface area contributed by atoms with Gasteiger partial charge in [0.1, 0.15) is 0 Å². The van der Waals surface area contributed by atoms with Crippen LogP contribution in [0, 0.1) is 0 Å². The van der Waals surface area contributed by atoms with E-state index >= 15 is 0 Å². The Morgan fingerprint density at radius 3 is 2.00 bits per heavy atom. The maximum absolute atomic E-state index is 12.1. The van der Waals surface area contributed by atoms with Gasteiger partial charge in [-0.25, -0.2) is 9.59 Å². The van der Waals surface area contributed by atoms with E-state index < -0.39 is 29.2 Å². The number of hydrogen-bond donors (Lipinski definition) is 3. The Kier molecular flexibility index (Phi) is 4.78. The quantitative estimate of drug-likeness (QED) is 0.439. The molecule has 0 unspecified atom stereocenters. The molecule has 0 aliphatic heterocycles. The Labute approximate surface area is 136 Å². The summed E-state index contributed by atoms with van der Waals surface area (Å²) in [6, 6.07) is 5.92. The molecule has 0 saturated heterocycles. The zero-order valence-corrected chi connectivity index (χ0v) is 12.8. The number of methoxy groups -OCH3 is 2. The predicted octanol–water partition coefficient (Wildman–Crippen LogP) is 1.82. The van der Waals surface area contributed by atoms with Crippen LogP contribution in [0.1, 0.15) is 20.7 Å². The molecule has 0 heterocycles. The fourth-order valence-corrected chi connectivity index (χ4v) is 1.88. The second-order valence-electron chi connectivity index (χ2n) is 4.61.